The van der Waals surface area contributed by atoms with Gasteiger partial charge in [0.15, 0.2) is 6.61 Å². The minimum absolute atomic E-state index is 0.281. The Morgan fingerprint density at radius 1 is 1.04 bits per heavy atom. The molecule has 0 atom stereocenters. The van der Waals surface area contributed by atoms with Gasteiger partial charge in [-0.25, -0.2) is 0 Å². The van der Waals surface area contributed by atoms with E-state index in [9.17, 15) is 22.8 Å². The van der Waals surface area contributed by atoms with Crippen molar-refractivity contribution in [3.05, 3.63) is 59.7 Å². The first-order chi connectivity index (χ1) is 11.3. The van der Waals surface area contributed by atoms with Crippen molar-refractivity contribution in [1.82, 2.24) is 0 Å². The maximum atomic E-state index is 12.9. The van der Waals surface area contributed by atoms with E-state index in [1.165, 1.54) is 36.4 Å². The summed E-state index contributed by atoms with van der Waals surface area (Å²) in [5.41, 5.74) is 3.73. The van der Waals surface area contributed by atoms with Crippen LogP contribution in [0.15, 0.2) is 48.5 Å². The number of benzene rings is 2. The van der Waals surface area contributed by atoms with Gasteiger partial charge in [-0.15, -0.1) is 0 Å². The highest BCUT2D eigenvalue weighted by Crippen LogP contribution is 2.32. The summed E-state index contributed by atoms with van der Waals surface area (Å²) in [4.78, 5) is 22.7. The SMILES string of the molecule is NC(=O)COc1ccc(NC(=O)c2ccccc2C(F)(F)F)cc1. The van der Waals surface area contributed by atoms with Gasteiger partial charge in [-0.2, -0.15) is 13.2 Å². The Morgan fingerprint density at radius 2 is 1.67 bits per heavy atom. The number of nitrogens with one attached hydrogen (secondary N) is 1. The molecule has 0 aliphatic heterocycles. The minimum atomic E-state index is -4.62. The molecule has 0 saturated heterocycles. The molecular formula is C16H13F3N2O3. The molecule has 0 radical (unpaired) electrons. The summed E-state index contributed by atoms with van der Waals surface area (Å²) in [5.74, 6) is -1.19. The number of carbonyl (C=O) groups excluding carboxylic acids is 2. The first kappa shape index (κ1) is 17.3. The van der Waals surface area contributed by atoms with Crippen molar-refractivity contribution in [2.45, 2.75) is 6.18 Å². The van der Waals surface area contributed by atoms with E-state index in [1.54, 1.807) is 0 Å². The van der Waals surface area contributed by atoms with Crippen LogP contribution in [-0.4, -0.2) is 18.4 Å². The average Bonchev–Trinajstić information content (AvgIpc) is 2.53. The fraction of sp³-hybridized carbons (Fsp3) is 0.125. The standard InChI is InChI=1S/C16H13F3N2O3/c17-16(18,19)13-4-2-1-3-12(13)15(23)21-10-5-7-11(8-6-10)24-9-14(20)22/h1-8H,9H2,(H2,20,22)(H,21,23). The molecule has 8 heteroatoms. The third kappa shape index (κ3) is 4.48. The molecule has 0 fully saturated rings. The van der Waals surface area contributed by atoms with Crippen LogP contribution in [0.5, 0.6) is 5.75 Å². The number of anilines is 1. The smallest absolute Gasteiger partial charge is 0.417 e. The van der Waals surface area contributed by atoms with E-state index in [-0.39, 0.29) is 12.3 Å². The average molecular weight is 338 g/mol. The molecule has 0 aromatic heterocycles. The predicted octanol–water partition coefficient (Wildman–Crippen LogP) is 2.82. The number of ether oxygens (including phenoxy) is 1. The third-order valence-corrected chi connectivity index (χ3v) is 2.97. The lowest BCUT2D eigenvalue weighted by atomic mass is 10.1. The summed E-state index contributed by atoms with van der Waals surface area (Å²) in [6.45, 7) is -0.301. The van der Waals surface area contributed by atoms with Crippen LogP contribution in [0.4, 0.5) is 18.9 Å². The lowest BCUT2D eigenvalue weighted by molar-refractivity contribution is -0.137. The third-order valence-electron chi connectivity index (χ3n) is 2.97. The Labute approximate surface area is 135 Å². The van der Waals surface area contributed by atoms with Crippen LogP contribution < -0.4 is 15.8 Å². The summed E-state index contributed by atoms with van der Waals surface area (Å²) in [6.07, 6.45) is -4.62. The van der Waals surface area contributed by atoms with Gasteiger partial charge in [-0.1, -0.05) is 12.1 Å². The van der Waals surface area contributed by atoms with Crippen molar-refractivity contribution < 1.29 is 27.5 Å². The van der Waals surface area contributed by atoms with Crippen LogP contribution >= 0.6 is 0 Å². The Hall–Kier alpha value is -3.03. The van der Waals surface area contributed by atoms with Gasteiger partial charge in [0.25, 0.3) is 11.8 Å². The lowest BCUT2D eigenvalue weighted by Gasteiger charge is -2.13. The molecule has 0 heterocycles. The molecule has 3 N–H and O–H groups in total. The first-order valence-electron chi connectivity index (χ1n) is 6.76. The molecule has 0 spiro atoms. The molecule has 0 unspecified atom stereocenters. The fourth-order valence-electron chi connectivity index (χ4n) is 1.92. The number of alkyl halides is 3. The van der Waals surface area contributed by atoms with E-state index in [4.69, 9.17) is 10.5 Å². The molecule has 2 amide bonds. The number of hydrogen-bond donors (Lipinski definition) is 2. The lowest BCUT2D eigenvalue weighted by Crippen LogP contribution is -2.20. The zero-order chi connectivity index (χ0) is 17.7. The molecule has 2 aromatic carbocycles. The summed E-state index contributed by atoms with van der Waals surface area (Å²) in [7, 11) is 0. The van der Waals surface area contributed by atoms with E-state index >= 15 is 0 Å². The van der Waals surface area contributed by atoms with Gasteiger partial charge in [0.1, 0.15) is 5.75 Å². The number of halogens is 3. The maximum Gasteiger partial charge on any atom is 0.417 e. The fourth-order valence-corrected chi connectivity index (χ4v) is 1.92. The summed E-state index contributed by atoms with van der Waals surface area (Å²) in [5, 5.41) is 2.38. The Bertz CT molecular complexity index is 743. The van der Waals surface area contributed by atoms with Gasteiger partial charge < -0.3 is 15.8 Å². The molecule has 0 aliphatic carbocycles. The van der Waals surface area contributed by atoms with Crippen molar-refractivity contribution in [2.24, 2.45) is 5.73 Å². The second-order valence-electron chi connectivity index (χ2n) is 4.78. The molecule has 2 aromatic rings. The topological polar surface area (TPSA) is 81.4 Å². The van der Waals surface area contributed by atoms with Crippen molar-refractivity contribution in [2.75, 3.05) is 11.9 Å². The molecule has 0 saturated carbocycles. The number of primary amides is 1. The van der Waals surface area contributed by atoms with E-state index in [1.807, 2.05) is 0 Å². The Balaban J connectivity index is 2.12. The van der Waals surface area contributed by atoms with Gasteiger partial charge in [0.05, 0.1) is 11.1 Å². The monoisotopic (exact) mass is 338 g/mol. The van der Waals surface area contributed by atoms with Crippen molar-refractivity contribution in [3.8, 4) is 5.75 Å². The number of nitrogens with two attached hydrogens (primary N) is 1. The predicted molar refractivity (Wildman–Crippen MR) is 80.5 cm³/mol. The number of amides is 2. The molecule has 126 valence electrons. The van der Waals surface area contributed by atoms with Crippen LogP contribution in [0.2, 0.25) is 0 Å². The van der Waals surface area contributed by atoms with Crippen molar-refractivity contribution in [1.29, 1.82) is 0 Å². The van der Waals surface area contributed by atoms with Gasteiger partial charge in [-0.3, -0.25) is 9.59 Å². The second-order valence-corrected chi connectivity index (χ2v) is 4.78. The van der Waals surface area contributed by atoms with E-state index in [0.29, 0.717) is 5.75 Å². The summed E-state index contributed by atoms with van der Waals surface area (Å²) in [6, 6.07) is 10.3. The van der Waals surface area contributed by atoms with Crippen LogP contribution in [0.25, 0.3) is 0 Å². The first-order valence-corrected chi connectivity index (χ1v) is 6.76. The van der Waals surface area contributed by atoms with Crippen molar-refractivity contribution >= 4 is 17.5 Å². The zero-order valence-electron chi connectivity index (χ0n) is 12.3. The van der Waals surface area contributed by atoms with E-state index in [0.717, 1.165) is 12.1 Å². The van der Waals surface area contributed by atoms with Crippen LogP contribution in [0.3, 0.4) is 0 Å². The quantitative estimate of drug-likeness (QED) is 0.879. The Morgan fingerprint density at radius 3 is 2.25 bits per heavy atom. The number of rotatable bonds is 5. The largest absolute Gasteiger partial charge is 0.484 e. The van der Waals surface area contributed by atoms with Gasteiger partial charge in [-0.05, 0) is 36.4 Å². The minimum Gasteiger partial charge on any atom is -0.484 e. The maximum absolute atomic E-state index is 12.9. The van der Waals surface area contributed by atoms with E-state index in [2.05, 4.69) is 5.32 Å². The highest BCUT2D eigenvalue weighted by Gasteiger charge is 2.34. The highest BCUT2D eigenvalue weighted by molar-refractivity contribution is 6.05. The molecule has 2 rings (SSSR count). The van der Waals surface area contributed by atoms with Crippen LogP contribution in [-0.2, 0) is 11.0 Å². The molecule has 0 bridgehead atoms. The van der Waals surface area contributed by atoms with Gasteiger partial charge in [0, 0.05) is 5.69 Å². The van der Waals surface area contributed by atoms with E-state index < -0.39 is 29.1 Å². The normalized spacial score (nSPS) is 11.0. The number of carbonyl (C=O) groups is 2. The van der Waals surface area contributed by atoms with Gasteiger partial charge >= 0.3 is 6.18 Å². The molecule has 0 aliphatic rings. The zero-order valence-corrected chi connectivity index (χ0v) is 12.3. The molecule has 5 nitrogen and oxygen atoms in total. The molecule has 24 heavy (non-hydrogen) atoms. The van der Waals surface area contributed by atoms with Crippen molar-refractivity contribution in [3.63, 3.8) is 0 Å². The number of hydrogen-bond acceptors (Lipinski definition) is 3. The molecular weight excluding hydrogens is 325 g/mol. The highest BCUT2D eigenvalue weighted by atomic mass is 19.4. The summed E-state index contributed by atoms with van der Waals surface area (Å²) >= 11 is 0. The van der Waals surface area contributed by atoms with Gasteiger partial charge in [0.2, 0.25) is 0 Å². The summed E-state index contributed by atoms with van der Waals surface area (Å²) < 4.78 is 43.8. The second kappa shape index (κ2) is 7.03. The van der Waals surface area contributed by atoms with Crippen LogP contribution in [0.1, 0.15) is 15.9 Å². The van der Waals surface area contributed by atoms with Crippen LogP contribution in [0, 0.1) is 0 Å². The Kier molecular flexibility index (Phi) is 5.08.